The Morgan fingerprint density at radius 2 is 1.95 bits per heavy atom. The number of ketones is 1. The van der Waals surface area contributed by atoms with Gasteiger partial charge in [-0.3, -0.25) is 9.48 Å². The number of rotatable bonds is 5. The molecular formula is C15H15Cl3N2O. The van der Waals surface area contributed by atoms with Crippen LogP contribution in [-0.2, 0) is 24.2 Å². The molecule has 0 N–H and O–H groups in total. The molecule has 0 saturated heterocycles. The van der Waals surface area contributed by atoms with E-state index in [1.165, 1.54) is 0 Å². The van der Waals surface area contributed by atoms with Crippen LogP contribution in [0.3, 0.4) is 0 Å². The summed E-state index contributed by atoms with van der Waals surface area (Å²) in [5, 5.41) is 5.93. The second-order valence-corrected chi connectivity index (χ2v) is 6.01. The van der Waals surface area contributed by atoms with Crippen LogP contribution >= 0.6 is 34.8 Å². The van der Waals surface area contributed by atoms with Gasteiger partial charge in [-0.25, -0.2) is 0 Å². The number of benzene rings is 1. The summed E-state index contributed by atoms with van der Waals surface area (Å²) in [4.78, 5) is 12.3. The average molecular weight is 346 g/mol. The van der Waals surface area contributed by atoms with Crippen molar-refractivity contribution in [2.24, 2.45) is 0 Å². The van der Waals surface area contributed by atoms with Crippen molar-refractivity contribution >= 4 is 40.6 Å². The van der Waals surface area contributed by atoms with Crippen LogP contribution in [0.4, 0.5) is 0 Å². The van der Waals surface area contributed by atoms with Gasteiger partial charge >= 0.3 is 0 Å². The van der Waals surface area contributed by atoms with Crippen LogP contribution in [-0.4, -0.2) is 15.6 Å². The molecular weight excluding hydrogens is 331 g/mol. The quantitative estimate of drug-likeness (QED) is 0.798. The number of hydrogen-bond acceptors (Lipinski definition) is 2. The Morgan fingerprint density at radius 1 is 1.24 bits per heavy atom. The number of hydrogen-bond donors (Lipinski definition) is 0. The van der Waals surface area contributed by atoms with Gasteiger partial charge in [-0.05, 0) is 31.5 Å². The lowest BCUT2D eigenvalue weighted by molar-refractivity contribution is -0.117. The summed E-state index contributed by atoms with van der Waals surface area (Å²) in [6.07, 6.45) is 0.493. The van der Waals surface area contributed by atoms with E-state index in [1.807, 2.05) is 13.8 Å². The Morgan fingerprint density at radius 3 is 2.57 bits per heavy atom. The highest BCUT2D eigenvalue weighted by Crippen LogP contribution is 2.24. The van der Waals surface area contributed by atoms with Crippen molar-refractivity contribution in [1.29, 1.82) is 0 Å². The van der Waals surface area contributed by atoms with Crippen molar-refractivity contribution in [2.75, 3.05) is 0 Å². The molecule has 0 fully saturated rings. The third kappa shape index (κ3) is 3.79. The summed E-state index contributed by atoms with van der Waals surface area (Å²) in [7, 11) is 0. The first-order valence-corrected chi connectivity index (χ1v) is 7.73. The maximum absolute atomic E-state index is 12.3. The van der Waals surface area contributed by atoms with Gasteiger partial charge in [-0.1, -0.05) is 40.9 Å². The number of halogens is 3. The Kier molecular flexibility index (Phi) is 5.31. The van der Waals surface area contributed by atoms with Crippen molar-refractivity contribution < 1.29 is 4.79 Å². The maximum Gasteiger partial charge on any atom is 0.143 e. The van der Waals surface area contributed by atoms with Crippen molar-refractivity contribution in [2.45, 2.75) is 33.2 Å². The molecule has 0 atom stereocenters. The van der Waals surface area contributed by atoms with E-state index in [9.17, 15) is 4.79 Å². The first-order valence-electron chi connectivity index (χ1n) is 6.59. The van der Waals surface area contributed by atoms with Crippen molar-refractivity contribution in [3.8, 4) is 0 Å². The molecule has 112 valence electrons. The predicted molar refractivity (Wildman–Crippen MR) is 86.5 cm³/mol. The number of aryl methyl sites for hydroxylation is 2. The lowest BCUT2D eigenvalue weighted by Gasteiger charge is -2.06. The topological polar surface area (TPSA) is 34.9 Å². The lowest BCUT2D eigenvalue weighted by Crippen LogP contribution is -2.12. The number of aromatic nitrogens is 2. The van der Waals surface area contributed by atoms with Crippen LogP contribution in [0.1, 0.15) is 23.9 Å². The molecule has 1 heterocycles. The number of Topliss-reactive ketones (excluding diaryl/α,β-unsaturated/α-hetero) is 1. The fourth-order valence-corrected chi connectivity index (χ4v) is 2.84. The van der Waals surface area contributed by atoms with Crippen molar-refractivity contribution in [3.63, 3.8) is 0 Å². The Balaban J connectivity index is 2.15. The number of carbonyl (C=O) groups excluding carboxylic acids is 1. The zero-order valence-corrected chi connectivity index (χ0v) is 14.1. The highest BCUT2D eigenvalue weighted by molar-refractivity contribution is 6.35. The fourth-order valence-electron chi connectivity index (χ4n) is 2.16. The van der Waals surface area contributed by atoms with Gasteiger partial charge in [0.15, 0.2) is 0 Å². The van der Waals surface area contributed by atoms with E-state index in [4.69, 9.17) is 34.8 Å². The third-order valence-electron chi connectivity index (χ3n) is 3.22. The second-order valence-electron chi connectivity index (χ2n) is 4.79. The van der Waals surface area contributed by atoms with Gasteiger partial charge in [-0.15, -0.1) is 0 Å². The van der Waals surface area contributed by atoms with E-state index >= 15 is 0 Å². The molecule has 0 aliphatic rings. The molecule has 0 spiro atoms. The van der Waals surface area contributed by atoms with Crippen LogP contribution in [0.5, 0.6) is 0 Å². The van der Waals surface area contributed by atoms with Gasteiger partial charge in [0.05, 0.1) is 22.8 Å². The predicted octanol–water partition coefficient (Wildman–Crippen LogP) is 4.53. The van der Waals surface area contributed by atoms with Gasteiger partial charge in [0, 0.05) is 23.0 Å². The zero-order valence-electron chi connectivity index (χ0n) is 11.8. The number of nitrogens with zero attached hydrogens (tertiary/aromatic N) is 2. The normalized spacial score (nSPS) is 10.9. The summed E-state index contributed by atoms with van der Waals surface area (Å²) in [6.45, 7) is 4.48. The van der Waals surface area contributed by atoms with Gasteiger partial charge in [0.1, 0.15) is 5.78 Å². The van der Waals surface area contributed by atoms with E-state index < -0.39 is 0 Å². The van der Waals surface area contributed by atoms with Crippen LogP contribution in [0.15, 0.2) is 18.2 Å². The molecule has 0 radical (unpaired) electrons. The largest absolute Gasteiger partial charge is 0.299 e. The minimum atomic E-state index is 0.0377. The first kappa shape index (κ1) is 16.3. The Bertz CT molecular complexity index is 680. The summed E-state index contributed by atoms with van der Waals surface area (Å²) in [5.74, 6) is 0.0377. The maximum atomic E-state index is 12.3. The van der Waals surface area contributed by atoms with E-state index in [0.29, 0.717) is 21.6 Å². The SMILES string of the molecule is CCn1nc(C)c(Cl)c1CC(=O)Cc1ccc(Cl)cc1Cl. The average Bonchev–Trinajstić information content (AvgIpc) is 2.69. The Hall–Kier alpha value is -1.03. The fraction of sp³-hybridized carbons (Fsp3) is 0.333. The van der Waals surface area contributed by atoms with Crippen LogP contribution < -0.4 is 0 Å². The van der Waals surface area contributed by atoms with E-state index in [-0.39, 0.29) is 18.6 Å². The van der Waals surface area contributed by atoms with E-state index in [2.05, 4.69) is 5.10 Å². The van der Waals surface area contributed by atoms with Gasteiger partial charge in [-0.2, -0.15) is 5.10 Å². The molecule has 2 aromatic rings. The molecule has 0 aliphatic heterocycles. The molecule has 21 heavy (non-hydrogen) atoms. The zero-order chi connectivity index (χ0) is 15.6. The molecule has 2 rings (SSSR count). The molecule has 0 bridgehead atoms. The van der Waals surface area contributed by atoms with Crippen LogP contribution in [0.2, 0.25) is 15.1 Å². The molecule has 1 aromatic heterocycles. The molecule has 3 nitrogen and oxygen atoms in total. The highest BCUT2D eigenvalue weighted by Gasteiger charge is 2.17. The summed E-state index contributed by atoms with van der Waals surface area (Å²) >= 11 is 18.2. The first-order chi connectivity index (χ1) is 9.92. The van der Waals surface area contributed by atoms with Crippen molar-refractivity contribution in [3.05, 3.63) is 50.2 Å². The lowest BCUT2D eigenvalue weighted by atomic mass is 10.1. The van der Waals surface area contributed by atoms with Crippen LogP contribution in [0.25, 0.3) is 0 Å². The van der Waals surface area contributed by atoms with Gasteiger partial charge in [0.25, 0.3) is 0 Å². The van der Waals surface area contributed by atoms with Crippen LogP contribution in [0, 0.1) is 6.92 Å². The second kappa shape index (κ2) is 6.82. The minimum Gasteiger partial charge on any atom is -0.299 e. The molecule has 0 saturated carbocycles. The molecule has 0 amide bonds. The van der Waals surface area contributed by atoms with Crippen molar-refractivity contribution in [1.82, 2.24) is 9.78 Å². The number of carbonyl (C=O) groups is 1. The highest BCUT2D eigenvalue weighted by atomic mass is 35.5. The molecule has 0 unspecified atom stereocenters. The smallest absolute Gasteiger partial charge is 0.143 e. The standard InChI is InChI=1S/C15H15Cl3N2O/c1-3-20-14(15(18)9(2)19-20)8-12(21)6-10-4-5-11(16)7-13(10)17/h4-5,7H,3,6,8H2,1-2H3. The molecule has 0 aliphatic carbocycles. The van der Waals surface area contributed by atoms with Gasteiger partial charge < -0.3 is 0 Å². The molecule has 6 heteroatoms. The van der Waals surface area contributed by atoms with Gasteiger partial charge in [0.2, 0.25) is 0 Å². The minimum absolute atomic E-state index is 0.0377. The summed E-state index contributed by atoms with van der Waals surface area (Å²) in [5.41, 5.74) is 2.26. The monoisotopic (exact) mass is 344 g/mol. The summed E-state index contributed by atoms with van der Waals surface area (Å²) in [6, 6.07) is 5.13. The third-order valence-corrected chi connectivity index (χ3v) is 4.30. The van der Waals surface area contributed by atoms with E-state index in [1.54, 1.807) is 22.9 Å². The summed E-state index contributed by atoms with van der Waals surface area (Å²) < 4.78 is 1.76. The van der Waals surface area contributed by atoms with E-state index in [0.717, 1.165) is 17.0 Å². The Labute approximate surface area is 138 Å². The molecule has 1 aromatic carbocycles.